The lowest BCUT2D eigenvalue weighted by Crippen LogP contribution is -2.43. The van der Waals surface area contributed by atoms with Crippen LogP contribution < -0.4 is 5.56 Å². The average molecular weight is 338 g/mol. The molecule has 1 fully saturated rings. The Labute approximate surface area is 143 Å². The van der Waals surface area contributed by atoms with Crippen LogP contribution in [0.2, 0.25) is 0 Å². The minimum atomic E-state index is -0.292. The fraction of sp³-hybridized carbons (Fsp3) is 0.353. The Balaban J connectivity index is 1.52. The minimum Gasteiger partial charge on any atom is -0.339 e. The zero-order chi connectivity index (χ0) is 17.2. The summed E-state index contributed by atoms with van der Waals surface area (Å²) in [7, 11) is 0. The molecule has 0 radical (unpaired) electrons. The lowest BCUT2D eigenvalue weighted by molar-refractivity contribution is -0.133. The van der Waals surface area contributed by atoms with E-state index in [0.717, 1.165) is 17.5 Å². The van der Waals surface area contributed by atoms with Crippen molar-refractivity contribution in [1.29, 1.82) is 0 Å². The van der Waals surface area contributed by atoms with Crippen LogP contribution in [0.5, 0.6) is 0 Å². The number of hydrogen-bond acceptors (Lipinski definition) is 5. The van der Waals surface area contributed by atoms with E-state index in [0.29, 0.717) is 24.0 Å². The van der Waals surface area contributed by atoms with Crippen molar-refractivity contribution < 1.29 is 4.79 Å². The van der Waals surface area contributed by atoms with Gasteiger partial charge in [0.15, 0.2) is 0 Å². The van der Waals surface area contributed by atoms with Gasteiger partial charge in [-0.25, -0.2) is 4.68 Å². The fourth-order valence-corrected chi connectivity index (χ4v) is 3.25. The van der Waals surface area contributed by atoms with Gasteiger partial charge in [-0.05, 0) is 31.0 Å². The van der Waals surface area contributed by atoms with Crippen LogP contribution in [-0.2, 0) is 11.3 Å². The van der Waals surface area contributed by atoms with Gasteiger partial charge in [0, 0.05) is 25.5 Å². The van der Waals surface area contributed by atoms with E-state index < -0.39 is 0 Å². The summed E-state index contributed by atoms with van der Waals surface area (Å²) in [6.45, 7) is 1.19. The highest BCUT2D eigenvalue weighted by atomic mass is 16.2. The number of benzene rings is 1. The summed E-state index contributed by atoms with van der Waals surface area (Å²) >= 11 is 0. The Hall–Kier alpha value is -3.03. The number of aromatic nitrogens is 5. The Kier molecular flexibility index (Phi) is 4.01. The van der Waals surface area contributed by atoms with Crippen molar-refractivity contribution in [3.05, 3.63) is 53.1 Å². The van der Waals surface area contributed by atoms with Crippen LogP contribution in [0.25, 0.3) is 10.9 Å². The SMILES string of the molecule is O=C(Cn1nnc2ccccc2c1=O)N1CCC[C@@H](n2cccn2)C1. The molecule has 1 aliphatic heterocycles. The van der Waals surface area contributed by atoms with Crippen LogP contribution in [0.4, 0.5) is 0 Å². The Morgan fingerprint density at radius 3 is 2.96 bits per heavy atom. The van der Waals surface area contributed by atoms with Gasteiger partial charge in [0.2, 0.25) is 5.91 Å². The average Bonchev–Trinajstić information content (AvgIpc) is 3.19. The molecule has 1 saturated heterocycles. The summed E-state index contributed by atoms with van der Waals surface area (Å²) in [5.41, 5.74) is 0.243. The van der Waals surface area contributed by atoms with E-state index in [1.165, 1.54) is 0 Å². The zero-order valence-corrected chi connectivity index (χ0v) is 13.7. The van der Waals surface area contributed by atoms with Gasteiger partial charge in [0.1, 0.15) is 12.1 Å². The molecule has 1 amide bonds. The second-order valence-corrected chi connectivity index (χ2v) is 6.19. The molecule has 0 unspecified atom stereocenters. The van der Waals surface area contributed by atoms with Crippen LogP contribution in [0.3, 0.4) is 0 Å². The van der Waals surface area contributed by atoms with E-state index in [1.54, 1.807) is 35.4 Å². The second kappa shape index (κ2) is 6.46. The maximum atomic E-state index is 12.6. The maximum absolute atomic E-state index is 12.6. The van der Waals surface area contributed by atoms with Gasteiger partial charge in [-0.1, -0.05) is 17.3 Å². The van der Waals surface area contributed by atoms with Crippen LogP contribution in [-0.4, -0.2) is 48.7 Å². The van der Waals surface area contributed by atoms with E-state index in [9.17, 15) is 9.59 Å². The molecule has 3 aromatic rings. The van der Waals surface area contributed by atoms with Crippen LogP contribution in [0.15, 0.2) is 47.5 Å². The van der Waals surface area contributed by atoms with Gasteiger partial charge < -0.3 is 4.90 Å². The molecular formula is C17H18N6O2. The molecule has 25 heavy (non-hydrogen) atoms. The fourth-order valence-electron chi connectivity index (χ4n) is 3.25. The zero-order valence-electron chi connectivity index (χ0n) is 13.7. The molecule has 1 atom stereocenters. The highest BCUT2D eigenvalue weighted by Gasteiger charge is 2.25. The van der Waals surface area contributed by atoms with Crippen molar-refractivity contribution in [1.82, 2.24) is 29.7 Å². The third-order valence-corrected chi connectivity index (χ3v) is 4.56. The standard InChI is InChI=1S/C17H18N6O2/c24-16(21-9-3-5-13(11-21)22-10-4-8-18-22)12-23-17(25)14-6-1-2-7-15(14)19-20-23/h1-2,4,6-8,10,13H,3,5,9,11-12H2/t13-/m1/s1. The first-order valence-corrected chi connectivity index (χ1v) is 8.32. The molecule has 128 valence electrons. The van der Waals surface area contributed by atoms with E-state index >= 15 is 0 Å². The van der Waals surface area contributed by atoms with E-state index in [1.807, 2.05) is 16.9 Å². The van der Waals surface area contributed by atoms with Gasteiger partial charge >= 0.3 is 0 Å². The molecule has 8 nitrogen and oxygen atoms in total. The highest BCUT2D eigenvalue weighted by molar-refractivity contribution is 5.78. The van der Waals surface area contributed by atoms with Gasteiger partial charge in [-0.15, -0.1) is 5.10 Å². The lowest BCUT2D eigenvalue weighted by Gasteiger charge is -2.32. The number of carbonyl (C=O) groups excluding carboxylic acids is 1. The molecule has 0 spiro atoms. The largest absolute Gasteiger partial charge is 0.339 e. The number of rotatable bonds is 3. The van der Waals surface area contributed by atoms with Crippen molar-refractivity contribution >= 4 is 16.8 Å². The summed E-state index contributed by atoms with van der Waals surface area (Å²) in [4.78, 5) is 26.9. The number of carbonyl (C=O) groups is 1. The number of amides is 1. The smallest absolute Gasteiger partial charge is 0.278 e. The maximum Gasteiger partial charge on any atom is 0.278 e. The van der Waals surface area contributed by atoms with Crippen molar-refractivity contribution in [2.24, 2.45) is 0 Å². The molecule has 1 aromatic carbocycles. The van der Waals surface area contributed by atoms with Gasteiger partial charge in [-0.2, -0.15) is 5.10 Å². The molecule has 3 heterocycles. The third-order valence-electron chi connectivity index (χ3n) is 4.56. The summed E-state index contributed by atoms with van der Waals surface area (Å²) in [5.74, 6) is -0.122. The third kappa shape index (κ3) is 3.02. The molecular weight excluding hydrogens is 320 g/mol. The predicted molar refractivity (Wildman–Crippen MR) is 90.9 cm³/mol. The summed E-state index contributed by atoms with van der Waals surface area (Å²) in [6, 6.07) is 9.06. The summed E-state index contributed by atoms with van der Waals surface area (Å²) < 4.78 is 3.03. The first-order valence-electron chi connectivity index (χ1n) is 8.32. The van der Waals surface area contributed by atoms with Crippen molar-refractivity contribution in [3.8, 4) is 0 Å². The van der Waals surface area contributed by atoms with Crippen molar-refractivity contribution in [2.75, 3.05) is 13.1 Å². The minimum absolute atomic E-state index is 0.0947. The Morgan fingerprint density at radius 1 is 1.24 bits per heavy atom. The first kappa shape index (κ1) is 15.5. The molecule has 1 aliphatic rings. The number of fused-ring (bicyclic) bond motifs is 1. The molecule has 0 N–H and O–H groups in total. The highest BCUT2D eigenvalue weighted by Crippen LogP contribution is 2.20. The summed E-state index contributed by atoms with van der Waals surface area (Å²) in [6.07, 6.45) is 5.55. The second-order valence-electron chi connectivity index (χ2n) is 6.19. The van der Waals surface area contributed by atoms with Crippen molar-refractivity contribution in [2.45, 2.75) is 25.4 Å². The molecule has 2 aromatic heterocycles. The molecule has 0 aliphatic carbocycles. The predicted octanol–water partition coefficient (Wildman–Crippen LogP) is 0.852. The van der Waals surface area contributed by atoms with Crippen LogP contribution in [0.1, 0.15) is 18.9 Å². The van der Waals surface area contributed by atoms with Crippen molar-refractivity contribution in [3.63, 3.8) is 0 Å². The first-order chi connectivity index (χ1) is 12.2. The normalized spacial score (nSPS) is 17.8. The molecule has 0 saturated carbocycles. The van der Waals surface area contributed by atoms with Gasteiger partial charge in [0.05, 0.1) is 11.4 Å². The van der Waals surface area contributed by atoms with E-state index in [-0.39, 0.29) is 24.1 Å². The van der Waals surface area contributed by atoms with E-state index in [2.05, 4.69) is 15.4 Å². The topological polar surface area (TPSA) is 85.9 Å². The molecule has 0 bridgehead atoms. The monoisotopic (exact) mass is 338 g/mol. The van der Waals surface area contributed by atoms with E-state index in [4.69, 9.17) is 0 Å². The number of hydrogen-bond donors (Lipinski definition) is 0. The Morgan fingerprint density at radius 2 is 2.12 bits per heavy atom. The Bertz CT molecular complexity index is 949. The molecule has 4 rings (SSSR count). The summed E-state index contributed by atoms with van der Waals surface area (Å²) in [5, 5.41) is 12.7. The lowest BCUT2D eigenvalue weighted by atomic mass is 10.1. The van der Waals surface area contributed by atoms with Gasteiger partial charge in [0.25, 0.3) is 5.56 Å². The number of likely N-dealkylation sites (tertiary alicyclic amines) is 1. The van der Waals surface area contributed by atoms with Gasteiger partial charge in [-0.3, -0.25) is 14.3 Å². The number of piperidine rings is 1. The van der Waals surface area contributed by atoms with Crippen LogP contribution in [0, 0.1) is 0 Å². The quantitative estimate of drug-likeness (QED) is 0.707. The molecule has 8 heteroatoms. The van der Waals surface area contributed by atoms with Crippen LogP contribution >= 0.6 is 0 Å². The number of nitrogens with zero attached hydrogens (tertiary/aromatic N) is 6.